The van der Waals surface area contributed by atoms with E-state index in [4.69, 9.17) is 4.98 Å². The highest BCUT2D eigenvalue weighted by molar-refractivity contribution is 5.95. The van der Waals surface area contributed by atoms with Crippen molar-refractivity contribution in [3.63, 3.8) is 0 Å². The number of nitrogens with zero attached hydrogens (tertiary/aromatic N) is 4. The van der Waals surface area contributed by atoms with Crippen molar-refractivity contribution in [2.24, 2.45) is 5.92 Å². The number of aromatic nitrogens is 2. The molecule has 208 valence electrons. The average molecular weight is 545 g/mol. The minimum atomic E-state index is -0.533. The lowest BCUT2D eigenvalue weighted by Crippen LogP contribution is -2.41. The van der Waals surface area contributed by atoms with Crippen molar-refractivity contribution in [2.75, 3.05) is 42.3 Å². The Morgan fingerprint density at radius 3 is 2.48 bits per heavy atom. The van der Waals surface area contributed by atoms with Crippen LogP contribution >= 0.6 is 0 Å². The van der Waals surface area contributed by atoms with E-state index in [0.717, 1.165) is 59.1 Å². The number of carbonyl (C=O) groups excluding carboxylic acids is 1. The molecular weight excluding hydrogens is 510 g/mol. The SMILES string of the molecule is Cc1ccc2c(NCc3ccc(N(Cc4cc(F)ccc4F)C(=O)C4CCNCC4)cc3)nc(N(C)C)nc2c1. The maximum atomic E-state index is 14.6. The van der Waals surface area contributed by atoms with Gasteiger partial charge in [-0.25, -0.2) is 13.8 Å². The molecule has 3 aromatic carbocycles. The molecular formula is C31H34F2N6O. The van der Waals surface area contributed by atoms with Gasteiger partial charge in [0.1, 0.15) is 17.5 Å². The number of benzene rings is 3. The van der Waals surface area contributed by atoms with Gasteiger partial charge >= 0.3 is 0 Å². The molecule has 7 nitrogen and oxygen atoms in total. The van der Waals surface area contributed by atoms with Crippen LogP contribution in [0.1, 0.15) is 29.5 Å². The van der Waals surface area contributed by atoms with Crippen molar-refractivity contribution in [3.05, 3.63) is 89.0 Å². The molecule has 4 aromatic rings. The van der Waals surface area contributed by atoms with E-state index in [9.17, 15) is 13.6 Å². The fourth-order valence-electron chi connectivity index (χ4n) is 4.96. The van der Waals surface area contributed by atoms with Crippen LogP contribution in [0.15, 0.2) is 60.7 Å². The van der Waals surface area contributed by atoms with E-state index in [-0.39, 0.29) is 23.9 Å². The van der Waals surface area contributed by atoms with Crippen LogP contribution in [-0.2, 0) is 17.9 Å². The molecule has 2 heterocycles. The first-order valence-electron chi connectivity index (χ1n) is 13.5. The van der Waals surface area contributed by atoms with Crippen LogP contribution < -0.4 is 20.4 Å². The van der Waals surface area contributed by atoms with Gasteiger partial charge in [-0.3, -0.25) is 4.79 Å². The number of halogens is 2. The summed E-state index contributed by atoms with van der Waals surface area (Å²) in [5.41, 5.74) is 3.77. The third kappa shape index (κ3) is 6.20. The van der Waals surface area contributed by atoms with Gasteiger partial charge in [-0.15, -0.1) is 0 Å². The Kier molecular flexibility index (Phi) is 8.21. The van der Waals surface area contributed by atoms with Crippen LogP contribution in [0.25, 0.3) is 10.9 Å². The zero-order valence-corrected chi connectivity index (χ0v) is 23.0. The molecule has 1 saturated heterocycles. The van der Waals surface area contributed by atoms with Gasteiger partial charge in [-0.05, 0) is 86.4 Å². The highest BCUT2D eigenvalue weighted by atomic mass is 19.1. The van der Waals surface area contributed by atoms with Gasteiger partial charge in [-0.1, -0.05) is 18.2 Å². The second-order valence-corrected chi connectivity index (χ2v) is 10.5. The van der Waals surface area contributed by atoms with E-state index in [1.165, 1.54) is 0 Å². The Bertz CT molecular complexity index is 1500. The molecule has 0 saturated carbocycles. The van der Waals surface area contributed by atoms with E-state index in [1.807, 2.05) is 68.4 Å². The van der Waals surface area contributed by atoms with Crippen molar-refractivity contribution in [2.45, 2.75) is 32.9 Å². The van der Waals surface area contributed by atoms with E-state index in [2.05, 4.69) is 15.6 Å². The standard InChI is InChI=1S/C31H34F2N6O/c1-20-4-10-26-28(16-20)36-31(38(2)3)37-29(26)35-18-21-5-8-25(9-6-21)39(30(40)22-12-14-34-15-13-22)19-23-17-24(32)7-11-27(23)33/h4-11,16-17,22,34H,12-15,18-19H2,1-3H3,(H,35,36,37). The molecule has 1 aromatic heterocycles. The molecule has 0 unspecified atom stereocenters. The normalized spacial score (nSPS) is 13.8. The fraction of sp³-hybridized carbons (Fsp3) is 0.323. The van der Waals surface area contributed by atoms with E-state index >= 15 is 0 Å². The first-order valence-corrected chi connectivity index (χ1v) is 13.5. The van der Waals surface area contributed by atoms with Crippen LogP contribution in [0.2, 0.25) is 0 Å². The summed E-state index contributed by atoms with van der Waals surface area (Å²) < 4.78 is 28.5. The van der Waals surface area contributed by atoms with Crippen LogP contribution in [0.3, 0.4) is 0 Å². The van der Waals surface area contributed by atoms with E-state index in [1.54, 1.807) is 4.90 Å². The minimum Gasteiger partial charge on any atom is -0.365 e. The number of fused-ring (bicyclic) bond motifs is 1. The van der Waals surface area contributed by atoms with Crippen LogP contribution in [0.5, 0.6) is 0 Å². The van der Waals surface area contributed by atoms with Crippen LogP contribution in [-0.4, -0.2) is 43.1 Å². The summed E-state index contributed by atoms with van der Waals surface area (Å²) in [4.78, 5) is 26.4. The van der Waals surface area contributed by atoms with Crippen molar-refractivity contribution in [1.29, 1.82) is 0 Å². The summed E-state index contributed by atoms with van der Waals surface area (Å²) in [6.07, 6.45) is 1.43. The van der Waals surface area contributed by atoms with Crippen molar-refractivity contribution < 1.29 is 13.6 Å². The first-order chi connectivity index (χ1) is 19.3. The Labute approximate surface area is 233 Å². The number of carbonyl (C=O) groups is 1. The minimum absolute atomic E-state index is 0.0381. The second-order valence-electron chi connectivity index (χ2n) is 10.5. The molecule has 9 heteroatoms. The lowest BCUT2D eigenvalue weighted by molar-refractivity contribution is -0.123. The predicted octanol–water partition coefficient (Wildman–Crippen LogP) is 5.43. The summed E-state index contributed by atoms with van der Waals surface area (Å²) in [5, 5.41) is 7.65. The Morgan fingerprint density at radius 1 is 1.00 bits per heavy atom. The number of anilines is 3. The highest BCUT2D eigenvalue weighted by Gasteiger charge is 2.28. The van der Waals surface area contributed by atoms with Crippen molar-refractivity contribution in [1.82, 2.24) is 15.3 Å². The molecule has 1 fully saturated rings. The molecule has 0 radical (unpaired) electrons. The summed E-state index contributed by atoms with van der Waals surface area (Å²) in [5.74, 6) is 0.0519. The third-order valence-corrected chi connectivity index (χ3v) is 7.24. The Balaban J connectivity index is 1.38. The summed E-state index contributed by atoms with van der Waals surface area (Å²) >= 11 is 0. The van der Waals surface area contributed by atoms with E-state index in [0.29, 0.717) is 31.0 Å². The molecule has 1 aliphatic rings. The maximum absolute atomic E-state index is 14.6. The molecule has 0 bridgehead atoms. The topological polar surface area (TPSA) is 73.4 Å². The fourth-order valence-corrected chi connectivity index (χ4v) is 4.96. The van der Waals surface area contributed by atoms with Gasteiger partial charge in [0.2, 0.25) is 11.9 Å². The molecule has 1 aliphatic heterocycles. The average Bonchev–Trinajstić information content (AvgIpc) is 2.96. The second kappa shape index (κ2) is 12.0. The molecule has 1 amide bonds. The van der Waals surface area contributed by atoms with Crippen molar-refractivity contribution in [3.8, 4) is 0 Å². The Morgan fingerprint density at radius 2 is 1.75 bits per heavy atom. The summed E-state index contributed by atoms with van der Waals surface area (Å²) in [6.45, 7) is 4.02. The van der Waals surface area contributed by atoms with E-state index < -0.39 is 11.6 Å². The number of rotatable bonds is 8. The molecule has 0 atom stereocenters. The van der Waals surface area contributed by atoms with Gasteiger partial charge < -0.3 is 20.4 Å². The highest BCUT2D eigenvalue weighted by Crippen LogP contribution is 2.27. The molecule has 5 rings (SSSR count). The maximum Gasteiger partial charge on any atom is 0.230 e. The zero-order valence-electron chi connectivity index (χ0n) is 23.0. The molecule has 2 N–H and O–H groups in total. The number of amides is 1. The molecule has 0 aliphatic carbocycles. The van der Waals surface area contributed by atoms with Gasteiger partial charge in [0, 0.05) is 43.2 Å². The first kappa shape index (κ1) is 27.5. The monoisotopic (exact) mass is 544 g/mol. The number of hydrogen-bond donors (Lipinski definition) is 2. The number of piperidine rings is 1. The van der Waals surface area contributed by atoms with Gasteiger partial charge in [0.05, 0.1) is 12.1 Å². The Hall–Kier alpha value is -4.11. The quantitative estimate of drug-likeness (QED) is 0.308. The lowest BCUT2D eigenvalue weighted by Gasteiger charge is -2.30. The van der Waals surface area contributed by atoms with Crippen LogP contribution in [0.4, 0.5) is 26.2 Å². The number of hydrogen-bond acceptors (Lipinski definition) is 6. The molecule has 40 heavy (non-hydrogen) atoms. The lowest BCUT2D eigenvalue weighted by atomic mass is 9.96. The largest absolute Gasteiger partial charge is 0.365 e. The summed E-state index contributed by atoms with van der Waals surface area (Å²) in [7, 11) is 3.82. The number of aryl methyl sites for hydroxylation is 1. The third-order valence-electron chi connectivity index (χ3n) is 7.24. The number of nitrogens with one attached hydrogen (secondary N) is 2. The smallest absolute Gasteiger partial charge is 0.230 e. The predicted molar refractivity (Wildman–Crippen MR) is 156 cm³/mol. The van der Waals surface area contributed by atoms with Gasteiger partial charge in [-0.2, -0.15) is 4.98 Å². The van der Waals surface area contributed by atoms with Gasteiger partial charge in [0.15, 0.2) is 0 Å². The van der Waals surface area contributed by atoms with Gasteiger partial charge in [0.25, 0.3) is 0 Å². The molecule has 0 spiro atoms. The van der Waals surface area contributed by atoms with Crippen LogP contribution in [0, 0.1) is 24.5 Å². The van der Waals surface area contributed by atoms with Crippen molar-refractivity contribution >= 4 is 34.3 Å². The zero-order chi connectivity index (χ0) is 28.2. The summed E-state index contributed by atoms with van der Waals surface area (Å²) in [6, 6.07) is 17.0.